The fourth-order valence-corrected chi connectivity index (χ4v) is 7.84. The maximum atomic E-state index is 12.7. The number of carboxylic acids is 1. The SMILES string of the molecule is COc1cc(O[Si](C)(C)C(C)(C)C(C)C)c(CSC[C@H](NC(=O)CCC[C@@H](O)CO)c2nc(C)no2)c(C(=O)O)c1C. The summed E-state index contributed by atoms with van der Waals surface area (Å²) in [6, 6.07) is 1.17. The van der Waals surface area contributed by atoms with Crippen LogP contribution in [0.5, 0.6) is 11.5 Å². The molecule has 0 aliphatic heterocycles. The number of benzene rings is 1. The second-order valence-corrected chi connectivity index (χ2v) is 17.4. The van der Waals surface area contributed by atoms with E-state index in [9.17, 15) is 19.8 Å². The van der Waals surface area contributed by atoms with E-state index in [2.05, 4.69) is 56.2 Å². The Balaban J connectivity index is 2.37. The minimum atomic E-state index is -2.42. The molecule has 2 rings (SSSR count). The molecule has 4 N–H and O–H groups in total. The first kappa shape index (κ1) is 35.6. The van der Waals surface area contributed by atoms with E-state index in [4.69, 9.17) is 18.8 Å². The lowest BCUT2D eigenvalue weighted by Crippen LogP contribution is -2.48. The van der Waals surface area contributed by atoms with Crippen molar-refractivity contribution < 1.29 is 38.6 Å². The number of hydrogen-bond acceptors (Lipinski definition) is 10. The van der Waals surface area contributed by atoms with Crippen LogP contribution >= 0.6 is 11.8 Å². The number of carbonyl (C=O) groups excluding carboxylic acids is 1. The molecule has 0 saturated heterocycles. The Morgan fingerprint density at radius 1 is 1.21 bits per heavy atom. The highest BCUT2D eigenvalue weighted by atomic mass is 32.2. The molecule has 0 aliphatic carbocycles. The quantitative estimate of drug-likeness (QED) is 0.174. The summed E-state index contributed by atoms with van der Waals surface area (Å²) in [5.74, 6) is 1.23. The maximum Gasteiger partial charge on any atom is 0.336 e. The second-order valence-electron chi connectivity index (χ2n) is 11.9. The van der Waals surface area contributed by atoms with E-state index in [1.54, 1.807) is 19.9 Å². The molecule has 0 unspecified atom stereocenters. The first-order valence-corrected chi connectivity index (χ1v) is 18.2. The van der Waals surface area contributed by atoms with Crippen LogP contribution < -0.4 is 14.5 Å². The Bertz CT molecular complexity index is 1220. The molecule has 0 fully saturated rings. The summed E-state index contributed by atoms with van der Waals surface area (Å²) in [6.07, 6.45) is -0.0190. The van der Waals surface area contributed by atoms with Gasteiger partial charge in [0.05, 0.1) is 25.4 Å². The molecule has 0 aliphatic rings. The van der Waals surface area contributed by atoms with E-state index in [0.717, 1.165) is 0 Å². The highest BCUT2D eigenvalue weighted by Crippen LogP contribution is 2.47. The first-order valence-electron chi connectivity index (χ1n) is 14.1. The Hall–Kier alpha value is -2.61. The number of aliphatic hydroxyl groups is 2. The third-order valence-electron chi connectivity index (χ3n) is 8.26. The van der Waals surface area contributed by atoms with Gasteiger partial charge in [0.1, 0.15) is 17.5 Å². The van der Waals surface area contributed by atoms with Gasteiger partial charge in [0.2, 0.25) is 11.8 Å². The van der Waals surface area contributed by atoms with Crippen LogP contribution in [0, 0.1) is 19.8 Å². The third-order valence-corrected chi connectivity index (χ3v) is 13.7. The molecule has 0 spiro atoms. The Morgan fingerprint density at radius 2 is 1.88 bits per heavy atom. The molecule has 0 radical (unpaired) electrons. The number of carbonyl (C=O) groups is 2. The van der Waals surface area contributed by atoms with E-state index >= 15 is 0 Å². The highest BCUT2D eigenvalue weighted by Gasteiger charge is 2.45. The Morgan fingerprint density at radius 3 is 2.40 bits per heavy atom. The molecule has 1 amide bonds. The predicted octanol–water partition coefficient (Wildman–Crippen LogP) is 5.03. The number of aliphatic hydroxyl groups excluding tert-OH is 2. The summed E-state index contributed by atoms with van der Waals surface area (Å²) < 4.78 is 17.7. The monoisotopic (exact) mass is 625 g/mol. The van der Waals surface area contributed by atoms with E-state index < -0.39 is 26.4 Å². The van der Waals surface area contributed by atoms with Gasteiger partial charge in [-0.3, -0.25) is 4.79 Å². The van der Waals surface area contributed by atoms with E-state index in [1.165, 1.54) is 18.9 Å². The Kier molecular flexibility index (Phi) is 12.9. The third kappa shape index (κ3) is 8.95. The summed E-state index contributed by atoms with van der Waals surface area (Å²) >= 11 is 1.42. The number of carboxylic acid groups (broad SMARTS) is 1. The fraction of sp³-hybridized carbons (Fsp3) is 0.655. The van der Waals surface area contributed by atoms with Crippen LogP contribution in [0.1, 0.15) is 86.2 Å². The van der Waals surface area contributed by atoms with Gasteiger partial charge in [-0.25, -0.2) is 4.79 Å². The van der Waals surface area contributed by atoms with Crippen molar-refractivity contribution in [2.24, 2.45) is 5.92 Å². The van der Waals surface area contributed by atoms with Gasteiger partial charge in [-0.2, -0.15) is 16.7 Å². The molecule has 0 saturated carbocycles. The minimum Gasteiger partial charge on any atom is -0.543 e. The molecule has 13 heteroatoms. The number of methoxy groups -OCH3 is 1. The van der Waals surface area contributed by atoms with Crippen molar-refractivity contribution in [1.82, 2.24) is 15.5 Å². The summed E-state index contributed by atoms with van der Waals surface area (Å²) in [5.41, 5.74) is 1.20. The van der Waals surface area contributed by atoms with Gasteiger partial charge in [0.15, 0.2) is 5.82 Å². The molecule has 0 bridgehead atoms. The van der Waals surface area contributed by atoms with Crippen molar-refractivity contribution in [2.45, 2.75) is 96.8 Å². The molecule has 1 heterocycles. The van der Waals surface area contributed by atoms with Gasteiger partial charge >= 0.3 is 5.97 Å². The van der Waals surface area contributed by atoms with Crippen LogP contribution in [0.15, 0.2) is 10.6 Å². The van der Waals surface area contributed by atoms with Crippen LogP contribution in [0.3, 0.4) is 0 Å². The zero-order valence-corrected chi connectivity index (χ0v) is 28.1. The molecule has 11 nitrogen and oxygen atoms in total. The number of ether oxygens (including phenoxy) is 1. The first-order chi connectivity index (χ1) is 19.5. The topological polar surface area (TPSA) is 164 Å². The molecule has 2 aromatic rings. The van der Waals surface area contributed by atoms with E-state index in [-0.39, 0.29) is 41.2 Å². The van der Waals surface area contributed by atoms with Gasteiger partial charge < -0.3 is 34.3 Å². The zero-order chi connectivity index (χ0) is 31.8. The number of aromatic nitrogens is 2. The summed E-state index contributed by atoms with van der Waals surface area (Å²) in [6.45, 7) is 16.0. The van der Waals surface area contributed by atoms with E-state index in [0.29, 0.717) is 53.0 Å². The van der Waals surface area contributed by atoms with Crippen LogP contribution in [0.2, 0.25) is 18.1 Å². The molecule has 2 atom stereocenters. The van der Waals surface area contributed by atoms with Crippen LogP contribution in [0.25, 0.3) is 0 Å². The van der Waals surface area contributed by atoms with Gasteiger partial charge in [-0.15, -0.1) is 0 Å². The average Bonchev–Trinajstić information content (AvgIpc) is 3.34. The number of aryl methyl sites for hydroxylation is 1. The van der Waals surface area contributed by atoms with Crippen molar-refractivity contribution in [3.05, 3.63) is 34.5 Å². The Labute approximate surface area is 253 Å². The lowest BCUT2D eigenvalue weighted by molar-refractivity contribution is -0.122. The second kappa shape index (κ2) is 15.2. The van der Waals surface area contributed by atoms with Crippen molar-refractivity contribution in [3.8, 4) is 11.5 Å². The van der Waals surface area contributed by atoms with Crippen LogP contribution in [-0.2, 0) is 10.5 Å². The molecule has 236 valence electrons. The number of nitrogens with one attached hydrogen (secondary N) is 1. The summed E-state index contributed by atoms with van der Waals surface area (Å²) in [7, 11) is -0.904. The van der Waals surface area contributed by atoms with Gasteiger partial charge in [0.25, 0.3) is 8.32 Å². The molecular weight excluding hydrogens is 578 g/mol. The lowest BCUT2D eigenvalue weighted by atomic mass is 9.99. The van der Waals surface area contributed by atoms with E-state index in [1.807, 2.05) is 0 Å². The number of thioether (sulfide) groups is 1. The standard InChI is InChI=1S/C29H47N3O8SSi/c1-17(2)29(5,6)42(8,9)40-24-13-23(38-7)18(3)26(28(36)37)21(24)15-41-16-22(27-30-19(4)32-39-27)31-25(35)12-10-11-20(34)14-33/h13,17,20,22,33-34H,10-12,14-16H2,1-9H3,(H,31,35)(H,36,37)/t20-,22+/m1/s1. The van der Waals surface area contributed by atoms with Gasteiger partial charge in [-0.05, 0) is 50.7 Å². The van der Waals surface area contributed by atoms with Crippen molar-refractivity contribution in [3.63, 3.8) is 0 Å². The summed E-state index contributed by atoms with van der Waals surface area (Å²) in [4.78, 5) is 29.5. The molecule has 1 aromatic heterocycles. The van der Waals surface area contributed by atoms with Crippen molar-refractivity contribution >= 4 is 32.0 Å². The minimum absolute atomic E-state index is 0.114. The number of aromatic carboxylic acids is 1. The van der Waals surface area contributed by atoms with Crippen LogP contribution in [-0.4, -0.2) is 71.2 Å². The fourth-order valence-electron chi connectivity index (χ4n) is 4.39. The summed E-state index contributed by atoms with van der Waals surface area (Å²) in [5, 5.41) is 35.5. The highest BCUT2D eigenvalue weighted by molar-refractivity contribution is 7.98. The number of hydrogen-bond donors (Lipinski definition) is 4. The van der Waals surface area contributed by atoms with Gasteiger partial charge in [0, 0.05) is 35.1 Å². The van der Waals surface area contributed by atoms with Gasteiger partial charge in [-0.1, -0.05) is 32.9 Å². The zero-order valence-electron chi connectivity index (χ0n) is 26.2. The normalized spacial score (nSPS) is 13.6. The predicted molar refractivity (Wildman–Crippen MR) is 165 cm³/mol. The van der Waals surface area contributed by atoms with Crippen LogP contribution in [0.4, 0.5) is 0 Å². The van der Waals surface area contributed by atoms with Crippen molar-refractivity contribution in [1.29, 1.82) is 0 Å². The average molecular weight is 626 g/mol. The number of amides is 1. The smallest absolute Gasteiger partial charge is 0.336 e. The number of nitrogens with zero attached hydrogens (tertiary/aromatic N) is 2. The maximum absolute atomic E-state index is 12.7. The molecular formula is C29H47N3O8SSi. The van der Waals surface area contributed by atoms with Crippen molar-refractivity contribution in [2.75, 3.05) is 19.5 Å². The number of rotatable bonds is 17. The molecule has 42 heavy (non-hydrogen) atoms. The molecule has 1 aromatic carbocycles. The largest absolute Gasteiger partial charge is 0.543 e. The lowest BCUT2D eigenvalue weighted by Gasteiger charge is -2.43.